The monoisotopic (exact) mass is 423 g/mol. The zero-order valence-corrected chi connectivity index (χ0v) is 17.1. The summed E-state index contributed by atoms with van der Waals surface area (Å²) < 4.78 is 5.55. The van der Waals surface area contributed by atoms with Gasteiger partial charge in [0.05, 0.1) is 16.2 Å². The summed E-state index contributed by atoms with van der Waals surface area (Å²) in [4.78, 5) is 52.9. The number of carbonyl (C=O) groups is 3. The molecule has 2 aliphatic rings. The Kier molecular flexibility index (Phi) is 4.96. The van der Waals surface area contributed by atoms with Crippen LogP contribution in [0.3, 0.4) is 0 Å². The van der Waals surface area contributed by atoms with E-state index in [0.29, 0.717) is 16.8 Å². The average Bonchev–Trinajstić information content (AvgIpc) is 3.10. The quantitative estimate of drug-likeness (QED) is 0.415. The lowest BCUT2D eigenvalue weighted by molar-refractivity contribution is -0.384. The molecule has 2 aromatic carbocycles. The van der Waals surface area contributed by atoms with Crippen LogP contribution in [-0.4, -0.2) is 39.3 Å². The summed E-state index contributed by atoms with van der Waals surface area (Å²) in [5.74, 6) is -1.34. The van der Waals surface area contributed by atoms with Crippen LogP contribution in [0, 0.1) is 10.1 Å². The summed E-state index contributed by atoms with van der Waals surface area (Å²) >= 11 is 0. The summed E-state index contributed by atoms with van der Waals surface area (Å²) in [5.41, 5.74) is -0.520. The molecule has 0 unspecified atom stereocenters. The molecule has 0 radical (unpaired) electrons. The van der Waals surface area contributed by atoms with E-state index in [1.807, 2.05) is 0 Å². The number of hydrogen-bond acceptors (Lipinski definition) is 6. The molecule has 9 heteroatoms. The fraction of sp³-hybridized carbons (Fsp3) is 0.318. The molecule has 0 bridgehead atoms. The van der Waals surface area contributed by atoms with Gasteiger partial charge in [0, 0.05) is 31.0 Å². The number of ether oxygens (including phenoxy) is 1. The normalized spacial score (nSPS) is 20.0. The van der Waals surface area contributed by atoms with Gasteiger partial charge in [-0.15, -0.1) is 0 Å². The minimum Gasteiger partial charge on any atom is -0.458 e. The second kappa shape index (κ2) is 7.50. The van der Waals surface area contributed by atoms with Gasteiger partial charge in [0.1, 0.15) is 6.61 Å². The lowest BCUT2D eigenvalue weighted by Gasteiger charge is -2.50. The standard InChI is InChI=1S/C22H21N3O6/c1-14(2)23-20(27)17-8-3-4-9-18(17)24-19(26)10-11-22(23,24)21(28)31-13-15-6-5-7-16(12-15)25(29)30/h3-9,12,14H,10-11,13H2,1-2H3/t22-/m0/s1. The molecule has 1 atom stereocenters. The van der Waals surface area contributed by atoms with Gasteiger partial charge in [0.15, 0.2) is 0 Å². The number of nitro benzene ring substituents is 1. The molecular weight excluding hydrogens is 402 g/mol. The van der Waals surface area contributed by atoms with Crippen LogP contribution in [0.25, 0.3) is 0 Å². The van der Waals surface area contributed by atoms with E-state index in [0.717, 1.165) is 0 Å². The van der Waals surface area contributed by atoms with Crippen molar-refractivity contribution in [2.45, 2.75) is 45.0 Å². The van der Waals surface area contributed by atoms with Crippen molar-refractivity contribution < 1.29 is 24.0 Å². The fourth-order valence-corrected chi connectivity index (χ4v) is 4.40. The molecule has 2 aliphatic heterocycles. The molecule has 160 valence electrons. The van der Waals surface area contributed by atoms with Crippen LogP contribution in [0.2, 0.25) is 0 Å². The highest BCUT2D eigenvalue weighted by Crippen LogP contribution is 2.46. The lowest BCUT2D eigenvalue weighted by atomic mass is 9.95. The van der Waals surface area contributed by atoms with Gasteiger partial charge in [-0.1, -0.05) is 24.3 Å². The number of amides is 2. The molecule has 31 heavy (non-hydrogen) atoms. The van der Waals surface area contributed by atoms with Crippen molar-refractivity contribution in [1.29, 1.82) is 0 Å². The van der Waals surface area contributed by atoms with Crippen molar-refractivity contribution >= 4 is 29.2 Å². The maximum Gasteiger partial charge on any atom is 0.354 e. The third-order valence-corrected chi connectivity index (χ3v) is 5.63. The molecule has 0 spiro atoms. The number of nitro groups is 1. The van der Waals surface area contributed by atoms with Crippen LogP contribution in [0.5, 0.6) is 0 Å². The van der Waals surface area contributed by atoms with Crippen molar-refractivity contribution in [2.75, 3.05) is 4.90 Å². The van der Waals surface area contributed by atoms with Crippen LogP contribution in [0.1, 0.15) is 42.6 Å². The highest BCUT2D eigenvalue weighted by Gasteiger charge is 2.62. The predicted molar refractivity (Wildman–Crippen MR) is 110 cm³/mol. The third kappa shape index (κ3) is 3.13. The van der Waals surface area contributed by atoms with Crippen molar-refractivity contribution in [3.63, 3.8) is 0 Å². The number of hydrogen-bond donors (Lipinski definition) is 0. The third-order valence-electron chi connectivity index (χ3n) is 5.63. The lowest BCUT2D eigenvalue weighted by Crippen LogP contribution is -2.70. The van der Waals surface area contributed by atoms with Crippen molar-refractivity contribution in [3.8, 4) is 0 Å². The summed E-state index contributed by atoms with van der Waals surface area (Å²) in [6, 6.07) is 12.1. The zero-order chi connectivity index (χ0) is 22.3. The number of carbonyl (C=O) groups excluding carboxylic acids is 3. The van der Waals surface area contributed by atoms with Crippen LogP contribution < -0.4 is 4.90 Å². The Morgan fingerprint density at radius 2 is 1.94 bits per heavy atom. The van der Waals surface area contributed by atoms with E-state index in [-0.39, 0.29) is 43.0 Å². The largest absolute Gasteiger partial charge is 0.458 e. The molecule has 0 aliphatic carbocycles. The average molecular weight is 423 g/mol. The minimum absolute atomic E-state index is 0.0940. The number of para-hydroxylation sites is 1. The number of nitrogens with zero attached hydrogens (tertiary/aromatic N) is 3. The summed E-state index contributed by atoms with van der Waals surface area (Å²) in [6.07, 6.45) is 0.203. The Bertz CT molecular complexity index is 1100. The molecule has 0 saturated carbocycles. The molecule has 2 aromatic rings. The van der Waals surface area contributed by atoms with Crippen LogP contribution >= 0.6 is 0 Å². The molecule has 1 fully saturated rings. The molecule has 1 saturated heterocycles. The van der Waals surface area contributed by atoms with Crippen molar-refractivity contribution in [2.24, 2.45) is 0 Å². The van der Waals surface area contributed by atoms with Gasteiger partial charge in [0.2, 0.25) is 11.6 Å². The molecular formula is C22H21N3O6. The Morgan fingerprint density at radius 1 is 1.19 bits per heavy atom. The van der Waals surface area contributed by atoms with Crippen molar-refractivity contribution in [3.05, 3.63) is 69.8 Å². The topological polar surface area (TPSA) is 110 Å². The molecule has 2 heterocycles. The number of rotatable bonds is 5. The van der Waals surface area contributed by atoms with Crippen LogP contribution in [0.15, 0.2) is 48.5 Å². The molecule has 2 amide bonds. The van der Waals surface area contributed by atoms with E-state index < -0.39 is 16.6 Å². The summed E-state index contributed by atoms with van der Waals surface area (Å²) in [5, 5.41) is 11.0. The number of non-ortho nitro benzene ring substituents is 1. The first kappa shape index (κ1) is 20.5. The van der Waals surface area contributed by atoms with Gasteiger partial charge in [0.25, 0.3) is 11.6 Å². The van der Waals surface area contributed by atoms with E-state index >= 15 is 0 Å². The SMILES string of the molecule is CC(C)N1C(=O)c2ccccc2N2C(=O)CC[C@@]21C(=O)OCc1cccc([N+](=O)[O-])c1. The van der Waals surface area contributed by atoms with Gasteiger partial charge < -0.3 is 9.64 Å². The summed E-state index contributed by atoms with van der Waals surface area (Å²) in [7, 11) is 0. The van der Waals surface area contributed by atoms with E-state index in [2.05, 4.69) is 0 Å². The number of fused-ring (bicyclic) bond motifs is 3. The van der Waals surface area contributed by atoms with E-state index in [1.165, 1.54) is 28.0 Å². The van der Waals surface area contributed by atoms with E-state index in [4.69, 9.17) is 4.74 Å². The minimum atomic E-state index is -1.59. The molecule has 0 N–H and O–H groups in total. The number of esters is 1. The predicted octanol–water partition coefficient (Wildman–Crippen LogP) is 3.03. The van der Waals surface area contributed by atoms with Crippen LogP contribution in [0.4, 0.5) is 11.4 Å². The first-order valence-electron chi connectivity index (χ1n) is 9.93. The van der Waals surface area contributed by atoms with Gasteiger partial charge in [-0.25, -0.2) is 4.79 Å². The van der Waals surface area contributed by atoms with Gasteiger partial charge in [-0.05, 0) is 31.5 Å². The Hall–Kier alpha value is -3.75. The van der Waals surface area contributed by atoms with E-state index in [9.17, 15) is 24.5 Å². The Morgan fingerprint density at radius 3 is 2.65 bits per heavy atom. The van der Waals surface area contributed by atoms with E-state index in [1.54, 1.807) is 44.2 Å². The number of anilines is 1. The first-order valence-corrected chi connectivity index (χ1v) is 9.93. The maximum absolute atomic E-state index is 13.5. The molecule has 9 nitrogen and oxygen atoms in total. The Labute approximate surface area is 178 Å². The molecule has 0 aromatic heterocycles. The summed E-state index contributed by atoms with van der Waals surface area (Å²) in [6.45, 7) is 3.34. The highest BCUT2D eigenvalue weighted by atomic mass is 16.6. The first-order chi connectivity index (χ1) is 14.8. The highest BCUT2D eigenvalue weighted by molar-refractivity contribution is 6.15. The van der Waals surface area contributed by atoms with Gasteiger partial charge >= 0.3 is 5.97 Å². The maximum atomic E-state index is 13.5. The second-order valence-electron chi connectivity index (χ2n) is 7.83. The smallest absolute Gasteiger partial charge is 0.354 e. The number of benzene rings is 2. The van der Waals surface area contributed by atoms with Crippen LogP contribution in [-0.2, 0) is 20.9 Å². The Balaban J connectivity index is 1.72. The second-order valence-corrected chi connectivity index (χ2v) is 7.83. The van der Waals surface area contributed by atoms with Crippen molar-refractivity contribution in [1.82, 2.24) is 4.90 Å². The zero-order valence-electron chi connectivity index (χ0n) is 17.1. The molecule has 4 rings (SSSR count). The fourth-order valence-electron chi connectivity index (χ4n) is 4.40. The van der Waals surface area contributed by atoms with Gasteiger partial charge in [-0.2, -0.15) is 0 Å². The van der Waals surface area contributed by atoms with Gasteiger partial charge in [-0.3, -0.25) is 24.6 Å².